The van der Waals surface area contributed by atoms with Crippen LogP contribution in [0.3, 0.4) is 0 Å². The number of aryl methyl sites for hydroxylation is 2. The van der Waals surface area contributed by atoms with Gasteiger partial charge in [-0.3, -0.25) is 4.57 Å². The first-order valence-electron chi connectivity index (χ1n) is 5.45. The Kier molecular flexibility index (Phi) is 2.83. The molecule has 0 atom stereocenters. The van der Waals surface area contributed by atoms with Gasteiger partial charge in [-0.05, 0) is 13.3 Å². The predicted octanol–water partition coefficient (Wildman–Crippen LogP) is 1.24. The Morgan fingerprint density at radius 2 is 2.29 bits per heavy atom. The highest BCUT2D eigenvalue weighted by Crippen LogP contribution is 2.22. The van der Waals surface area contributed by atoms with Gasteiger partial charge in [0.1, 0.15) is 6.07 Å². The van der Waals surface area contributed by atoms with Gasteiger partial charge in [-0.25, -0.2) is 9.67 Å². The summed E-state index contributed by atoms with van der Waals surface area (Å²) in [5.74, 6) is 1.03. The van der Waals surface area contributed by atoms with E-state index in [1.807, 2.05) is 17.7 Å². The number of nitrogen functional groups attached to an aromatic ring is 1. The van der Waals surface area contributed by atoms with E-state index in [2.05, 4.69) is 17.0 Å². The van der Waals surface area contributed by atoms with Crippen molar-refractivity contribution in [2.45, 2.75) is 26.8 Å². The number of anilines is 1. The molecule has 0 amide bonds. The number of hydrogen-bond donors (Lipinski definition) is 1. The Hall–Kier alpha value is -2.29. The first-order valence-corrected chi connectivity index (χ1v) is 5.45. The maximum atomic E-state index is 8.98. The number of nitrogens with two attached hydrogens (primary N) is 1. The van der Waals surface area contributed by atoms with Crippen molar-refractivity contribution >= 4 is 5.69 Å². The molecule has 0 saturated carbocycles. The lowest BCUT2D eigenvalue weighted by molar-refractivity contribution is 0.583. The Bertz CT molecular complexity index is 571. The van der Waals surface area contributed by atoms with Gasteiger partial charge in [0.25, 0.3) is 0 Å². The van der Waals surface area contributed by atoms with Crippen LogP contribution in [0.2, 0.25) is 0 Å². The molecule has 6 nitrogen and oxygen atoms in total. The van der Waals surface area contributed by atoms with Crippen molar-refractivity contribution in [3.05, 3.63) is 23.9 Å². The van der Waals surface area contributed by atoms with Crippen LogP contribution in [0.15, 0.2) is 12.4 Å². The minimum absolute atomic E-state index is 0.314. The van der Waals surface area contributed by atoms with Crippen LogP contribution in [0.4, 0.5) is 5.69 Å². The van der Waals surface area contributed by atoms with Crippen LogP contribution >= 0.6 is 0 Å². The second-order valence-corrected chi connectivity index (χ2v) is 3.78. The van der Waals surface area contributed by atoms with Gasteiger partial charge in [0.15, 0.2) is 5.82 Å². The van der Waals surface area contributed by atoms with E-state index in [1.54, 1.807) is 17.0 Å². The Morgan fingerprint density at radius 3 is 2.94 bits per heavy atom. The molecule has 0 aliphatic heterocycles. The van der Waals surface area contributed by atoms with E-state index in [1.165, 1.54) is 0 Å². The van der Waals surface area contributed by atoms with Gasteiger partial charge in [0, 0.05) is 18.9 Å². The first-order chi connectivity index (χ1) is 8.19. The van der Waals surface area contributed by atoms with Crippen molar-refractivity contribution in [3.8, 4) is 11.9 Å². The average Bonchev–Trinajstić information content (AvgIpc) is 2.86. The maximum Gasteiger partial charge on any atom is 0.218 e. The highest BCUT2D eigenvalue weighted by molar-refractivity contribution is 5.58. The summed E-state index contributed by atoms with van der Waals surface area (Å²) in [6.45, 7) is 4.68. The van der Waals surface area contributed by atoms with Gasteiger partial charge >= 0.3 is 0 Å². The van der Waals surface area contributed by atoms with Crippen LogP contribution in [-0.2, 0) is 6.54 Å². The molecule has 0 bridgehead atoms. The Morgan fingerprint density at radius 1 is 1.53 bits per heavy atom. The predicted molar refractivity (Wildman–Crippen MR) is 63.5 cm³/mol. The molecule has 2 aromatic heterocycles. The zero-order valence-corrected chi connectivity index (χ0v) is 9.88. The van der Waals surface area contributed by atoms with E-state index in [4.69, 9.17) is 11.0 Å². The fourth-order valence-corrected chi connectivity index (χ4v) is 1.76. The molecule has 0 aliphatic carbocycles. The third kappa shape index (κ3) is 1.76. The summed E-state index contributed by atoms with van der Waals surface area (Å²) in [4.78, 5) is 3.97. The molecule has 88 valence electrons. The fourth-order valence-electron chi connectivity index (χ4n) is 1.76. The molecule has 0 aromatic carbocycles. The lowest BCUT2D eigenvalue weighted by Gasteiger charge is -2.08. The quantitative estimate of drug-likeness (QED) is 0.859. The minimum atomic E-state index is 0.314. The van der Waals surface area contributed by atoms with Crippen LogP contribution < -0.4 is 5.73 Å². The van der Waals surface area contributed by atoms with E-state index in [9.17, 15) is 0 Å². The molecule has 0 aliphatic rings. The van der Waals surface area contributed by atoms with Gasteiger partial charge in [-0.15, -0.1) is 0 Å². The summed E-state index contributed by atoms with van der Waals surface area (Å²) in [7, 11) is 0. The number of nitriles is 1. The minimum Gasteiger partial charge on any atom is -0.394 e. The third-order valence-corrected chi connectivity index (χ3v) is 2.55. The average molecular weight is 230 g/mol. The van der Waals surface area contributed by atoms with Gasteiger partial charge in [-0.2, -0.15) is 10.4 Å². The summed E-state index contributed by atoms with van der Waals surface area (Å²) in [6, 6.07) is 2.04. The number of aromatic nitrogens is 4. The lowest BCUT2D eigenvalue weighted by Crippen LogP contribution is -2.09. The van der Waals surface area contributed by atoms with Crippen molar-refractivity contribution in [2.24, 2.45) is 0 Å². The summed E-state index contributed by atoms with van der Waals surface area (Å²) in [5, 5.41) is 13.3. The molecule has 17 heavy (non-hydrogen) atoms. The summed E-state index contributed by atoms with van der Waals surface area (Å²) < 4.78 is 3.48. The first kappa shape index (κ1) is 11.2. The second kappa shape index (κ2) is 4.29. The zero-order chi connectivity index (χ0) is 12.4. The summed E-state index contributed by atoms with van der Waals surface area (Å²) >= 11 is 0. The number of rotatable bonds is 3. The van der Waals surface area contributed by atoms with Crippen molar-refractivity contribution in [1.29, 1.82) is 5.26 Å². The maximum absolute atomic E-state index is 8.98. The van der Waals surface area contributed by atoms with E-state index in [0.29, 0.717) is 11.5 Å². The molecular formula is C11H14N6. The number of nitrogens with zero attached hydrogens (tertiary/aromatic N) is 5. The van der Waals surface area contributed by atoms with E-state index in [-0.39, 0.29) is 0 Å². The van der Waals surface area contributed by atoms with Gasteiger partial charge in [0.05, 0.1) is 11.4 Å². The van der Waals surface area contributed by atoms with Crippen molar-refractivity contribution in [3.63, 3.8) is 0 Å². The number of imidazole rings is 1. The Labute approximate surface area is 99.3 Å². The Balaban J connectivity index is 2.62. The van der Waals surface area contributed by atoms with Crippen molar-refractivity contribution in [1.82, 2.24) is 19.3 Å². The van der Waals surface area contributed by atoms with Gasteiger partial charge < -0.3 is 5.73 Å². The molecule has 0 saturated heterocycles. The molecule has 0 unspecified atom stereocenters. The number of hydrogen-bond acceptors (Lipinski definition) is 4. The highest BCUT2D eigenvalue weighted by atomic mass is 15.4. The molecule has 0 fully saturated rings. The van der Waals surface area contributed by atoms with Gasteiger partial charge in [-0.1, -0.05) is 6.92 Å². The molecule has 2 aromatic rings. The van der Waals surface area contributed by atoms with Crippen LogP contribution in [0.5, 0.6) is 0 Å². The van der Waals surface area contributed by atoms with Crippen LogP contribution in [0.25, 0.3) is 5.82 Å². The zero-order valence-electron chi connectivity index (χ0n) is 9.88. The van der Waals surface area contributed by atoms with Gasteiger partial charge in [0.2, 0.25) is 5.82 Å². The largest absolute Gasteiger partial charge is 0.394 e. The monoisotopic (exact) mass is 230 g/mol. The van der Waals surface area contributed by atoms with Crippen molar-refractivity contribution < 1.29 is 0 Å². The normalized spacial score (nSPS) is 10.4. The fraction of sp³-hybridized carbons (Fsp3) is 0.364. The summed E-state index contributed by atoms with van der Waals surface area (Å²) in [5.41, 5.74) is 7.37. The lowest BCUT2D eigenvalue weighted by atomic mass is 10.4. The topological polar surface area (TPSA) is 85.5 Å². The standard InChI is InChI=1S/C11H14N6/c1-3-5-17-11(10(13)8(2)15-17)16-6-4-14-9(16)7-12/h4,6H,3,5,13H2,1-2H3. The van der Waals surface area contributed by atoms with E-state index >= 15 is 0 Å². The van der Waals surface area contributed by atoms with Crippen LogP contribution in [0, 0.1) is 18.3 Å². The van der Waals surface area contributed by atoms with Crippen molar-refractivity contribution in [2.75, 3.05) is 5.73 Å². The highest BCUT2D eigenvalue weighted by Gasteiger charge is 2.16. The molecule has 0 spiro atoms. The molecule has 0 radical (unpaired) electrons. The molecule has 6 heteroatoms. The van der Waals surface area contributed by atoms with Crippen LogP contribution in [0.1, 0.15) is 24.9 Å². The molecule has 2 N–H and O–H groups in total. The molecule has 2 heterocycles. The molecule has 2 rings (SSSR count). The second-order valence-electron chi connectivity index (χ2n) is 3.78. The summed E-state index contributed by atoms with van der Waals surface area (Å²) in [6.07, 6.45) is 4.25. The molecular weight excluding hydrogens is 216 g/mol. The smallest absolute Gasteiger partial charge is 0.218 e. The third-order valence-electron chi connectivity index (χ3n) is 2.55. The van der Waals surface area contributed by atoms with E-state index in [0.717, 1.165) is 24.5 Å². The SMILES string of the molecule is CCCn1nc(C)c(N)c1-n1ccnc1C#N. The van der Waals surface area contributed by atoms with E-state index < -0.39 is 0 Å². The van der Waals surface area contributed by atoms with Crippen LogP contribution in [-0.4, -0.2) is 19.3 Å².